The number of rotatable bonds is 6. The van der Waals surface area contributed by atoms with Crippen molar-refractivity contribution in [2.75, 3.05) is 0 Å². The maximum Gasteiger partial charge on any atom is 0.323 e. The molecule has 0 amide bonds. The van der Waals surface area contributed by atoms with Crippen LogP contribution in [0.4, 0.5) is 0 Å². The van der Waals surface area contributed by atoms with Gasteiger partial charge in [0.25, 0.3) is 0 Å². The van der Waals surface area contributed by atoms with Gasteiger partial charge in [-0.3, -0.25) is 9.59 Å². The molecule has 0 aliphatic carbocycles. The van der Waals surface area contributed by atoms with E-state index in [0.29, 0.717) is 12.8 Å². The summed E-state index contributed by atoms with van der Waals surface area (Å²) in [6.45, 7) is 14.5. The van der Waals surface area contributed by atoms with E-state index in [9.17, 15) is 9.59 Å². The molecule has 0 fully saturated rings. The number of carbonyl (C=O) groups is 2. The van der Waals surface area contributed by atoms with Crippen molar-refractivity contribution in [2.45, 2.75) is 85.9 Å². The minimum absolute atomic E-state index is 0.336. The van der Waals surface area contributed by atoms with E-state index < -0.39 is 28.6 Å². The fourth-order valence-electron chi connectivity index (χ4n) is 2.40. The van der Waals surface area contributed by atoms with Crippen LogP contribution in [0.2, 0.25) is 0 Å². The third kappa shape index (κ3) is 6.81. The van der Waals surface area contributed by atoms with E-state index in [1.165, 1.54) is 5.56 Å². The van der Waals surface area contributed by atoms with Gasteiger partial charge in [0.15, 0.2) is 5.41 Å². The molecule has 26 heavy (non-hydrogen) atoms. The van der Waals surface area contributed by atoms with Crippen LogP contribution in [0.25, 0.3) is 0 Å². The number of carbonyl (C=O) groups excluding carboxylic acids is 2. The highest BCUT2D eigenvalue weighted by atomic mass is 16.6. The zero-order chi connectivity index (χ0) is 20.2. The first kappa shape index (κ1) is 22.2. The van der Waals surface area contributed by atoms with Gasteiger partial charge in [-0.05, 0) is 78.9 Å². The van der Waals surface area contributed by atoms with Crippen molar-refractivity contribution >= 4 is 11.9 Å². The number of hydrogen-bond acceptors (Lipinski definition) is 4. The molecule has 0 saturated heterocycles. The van der Waals surface area contributed by atoms with Crippen LogP contribution < -0.4 is 0 Å². The summed E-state index contributed by atoms with van der Waals surface area (Å²) in [4.78, 5) is 25.6. The highest BCUT2D eigenvalue weighted by Gasteiger charge is 2.46. The van der Waals surface area contributed by atoms with E-state index in [1.807, 2.05) is 12.1 Å². The third-order valence-corrected chi connectivity index (χ3v) is 4.04. The summed E-state index contributed by atoms with van der Waals surface area (Å²) in [5.41, 5.74) is -0.327. The van der Waals surface area contributed by atoms with E-state index in [-0.39, 0.29) is 0 Å². The first-order valence-electron chi connectivity index (χ1n) is 9.31. The van der Waals surface area contributed by atoms with Gasteiger partial charge in [-0.2, -0.15) is 0 Å². The predicted molar refractivity (Wildman–Crippen MR) is 104 cm³/mol. The monoisotopic (exact) mass is 362 g/mol. The van der Waals surface area contributed by atoms with E-state index >= 15 is 0 Å². The van der Waals surface area contributed by atoms with Crippen LogP contribution in [0.3, 0.4) is 0 Å². The second-order valence-electron chi connectivity index (χ2n) is 9.01. The van der Waals surface area contributed by atoms with Crippen molar-refractivity contribution in [3.63, 3.8) is 0 Å². The molecule has 0 spiro atoms. The molecule has 0 atom stereocenters. The number of hydrogen-bond donors (Lipinski definition) is 0. The molecule has 4 nitrogen and oxygen atoms in total. The summed E-state index contributed by atoms with van der Waals surface area (Å²) in [6.07, 6.45) is 1.91. The quantitative estimate of drug-likeness (QED) is 0.535. The number of aryl methyl sites for hydroxylation is 2. The Morgan fingerprint density at radius 1 is 0.769 bits per heavy atom. The van der Waals surface area contributed by atoms with Gasteiger partial charge < -0.3 is 9.47 Å². The maximum absolute atomic E-state index is 12.8. The fraction of sp³-hybridized carbons (Fsp3) is 0.636. The molecular weight excluding hydrogens is 328 g/mol. The maximum atomic E-state index is 12.8. The molecule has 146 valence electrons. The molecule has 1 aromatic rings. The van der Waals surface area contributed by atoms with Gasteiger partial charge in [0.1, 0.15) is 11.2 Å². The van der Waals surface area contributed by atoms with Crippen molar-refractivity contribution in [1.82, 2.24) is 0 Å². The van der Waals surface area contributed by atoms with Gasteiger partial charge in [-0.1, -0.05) is 31.2 Å². The van der Waals surface area contributed by atoms with E-state index in [0.717, 1.165) is 12.0 Å². The second-order valence-corrected chi connectivity index (χ2v) is 9.01. The lowest BCUT2D eigenvalue weighted by Crippen LogP contribution is -2.45. The minimum atomic E-state index is -1.34. The largest absolute Gasteiger partial charge is 0.459 e. The first-order chi connectivity index (χ1) is 11.8. The average molecular weight is 363 g/mol. The Morgan fingerprint density at radius 3 is 1.50 bits per heavy atom. The van der Waals surface area contributed by atoms with Gasteiger partial charge in [-0.25, -0.2) is 0 Å². The van der Waals surface area contributed by atoms with Gasteiger partial charge in [0.2, 0.25) is 0 Å². The van der Waals surface area contributed by atoms with Crippen molar-refractivity contribution in [1.29, 1.82) is 0 Å². The topological polar surface area (TPSA) is 52.6 Å². The van der Waals surface area contributed by atoms with E-state index in [4.69, 9.17) is 9.47 Å². The fourth-order valence-corrected chi connectivity index (χ4v) is 2.40. The van der Waals surface area contributed by atoms with E-state index in [2.05, 4.69) is 19.1 Å². The van der Waals surface area contributed by atoms with Gasteiger partial charge >= 0.3 is 11.9 Å². The van der Waals surface area contributed by atoms with Crippen LogP contribution in [0, 0.1) is 5.41 Å². The Kier molecular flexibility index (Phi) is 7.03. The Bertz CT molecular complexity index is 587. The van der Waals surface area contributed by atoms with Crippen LogP contribution in [0.5, 0.6) is 0 Å². The van der Waals surface area contributed by atoms with Crippen molar-refractivity contribution < 1.29 is 19.1 Å². The summed E-state index contributed by atoms with van der Waals surface area (Å²) in [5, 5.41) is 0. The van der Waals surface area contributed by atoms with Crippen LogP contribution in [0.15, 0.2) is 24.3 Å². The van der Waals surface area contributed by atoms with Crippen molar-refractivity contribution in [3.8, 4) is 0 Å². The second kappa shape index (κ2) is 8.24. The summed E-state index contributed by atoms with van der Waals surface area (Å²) >= 11 is 0. The standard InChI is InChI=1S/C22H34O4/c1-9-16-10-12-17(13-11-16)14-15-22(8,18(23)25-20(2,3)4)19(24)26-21(5,6)7/h10-13H,9,14-15H2,1-8H3. The molecule has 4 heteroatoms. The van der Waals surface area contributed by atoms with Crippen LogP contribution in [-0.4, -0.2) is 23.1 Å². The smallest absolute Gasteiger partial charge is 0.323 e. The SMILES string of the molecule is CCc1ccc(CCC(C)(C(=O)OC(C)(C)C)C(=O)OC(C)(C)C)cc1. The molecular formula is C22H34O4. The van der Waals surface area contributed by atoms with Crippen molar-refractivity contribution in [2.24, 2.45) is 5.41 Å². The lowest BCUT2D eigenvalue weighted by Gasteiger charge is -2.32. The number of esters is 2. The molecule has 0 aliphatic heterocycles. The Balaban J connectivity index is 3.01. The summed E-state index contributed by atoms with van der Waals surface area (Å²) in [6, 6.07) is 8.24. The lowest BCUT2D eigenvalue weighted by molar-refractivity contribution is -0.184. The number of ether oxygens (including phenoxy) is 2. The molecule has 0 bridgehead atoms. The third-order valence-electron chi connectivity index (χ3n) is 4.04. The van der Waals surface area contributed by atoms with E-state index in [1.54, 1.807) is 48.5 Å². The molecule has 0 heterocycles. The van der Waals surface area contributed by atoms with Crippen LogP contribution >= 0.6 is 0 Å². The predicted octanol–water partition coefficient (Wildman–Crippen LogP) is 4.87. The van der Waals surface area contributed by atoms with Crippen molar-refractivity contribution in [3.05, 3.63) is 35.4 Å². The normalized spacial score (nSPS) is 12.6. The molecule has 0 unspecified atom stereocenters. The minimum Gasteiger partial charge on any atom is -0.459 e. The summed E-state index contributed by atoms with van der Waals surface area (Å²) in [7, 11) is 0. The zero-order valence-corrected chi connectivity index (χ0v) is 17.6. The van der Waals surface area contributed by atoms with Gasteiger partial charge in [0.05, 0.1) is 0 Å². The summed E-state index contributed by atoms with van der Waals surface area (Å²) in [5.74, 6) is -1.08. The molecule has 0 radical (unpaired) electrons. The molecule has 1 aromatic carbocycles. The highest BCUT2D eigenvalue weighted by molar-refractivity contribution is 5.99. The molecule has 0 saturated carbocycles. The molecule has 0 aliphatic rings. The average Bonchev–Trinajstić information content (AvgIpc) is 2.49. The summed E-state index contributed by atoms with van der Waals surface area (Å²) < 4.78 is 11.0. The highest BCUT2D eigenvalue weighted by Crippen LogP contribution is 2.31. The number of benzene rings is 1. The molecule has 0 N–H and O–H groups in total. The zero-order valence-electron chi connectivity index (χ0n) is 17.6. The molecule has 0 aromatic heterocycles. The Hall–Kier alpha value is -1.84. The Labute approximate surface area is 158 Å². The Morgan fingerprint density at radius 2 is 1.15 bits per heavy atom. The molecule has 1 rings (SSSR count). The van der Waals surface area contributed by atoms with Crippen LogP contribution in [-0.2, 0) is 31.9 Å². The lowest BCUT2D eigenvalue weighted by atomic mass is 9.83. The van der Waals surface area contributed by atoms with Crippen LogP contribution in [0.1, 0.15) is 72.9 Å². The van der Waals surface area contributed by atoms with Gasteiger partial charge in [-0.15, -0.1) is 0 Å². The van der Waals surface area contributed by atoms with Gasteiger partial charge in [0, 0.05) is 0 Å². The first-order valence-corrected chi connectivity index (χ1v) is 9.31.